The van der Waals surface area contributed by atoms with E-state index in [9.17, 15) is 0 Å². The van der Waals surface area contributed by atoms with Crippen LogP contribution in [0.1, 0.15) is 20.3 Å². The van der Waals surface area contributed by atoms with Crippen LogP contribution in [0.3, 0.4) is 0 Å². The summed E-state index contributed by atoms with van der Waals surface area (Å²) in [5.74, 6) is 1.27. The van der Waals surface area contributed by atoms with E-state index in [1.54, 1.807) is 0 Å². The van der Waals surface area contributed by atoms with Crippen LogP contribution < -0.4 is 0 Å². The van der Waals surface area contributed by atoms with Crippen molar-refractivity contribution >= 4 is 11.2 Å². The summed E-state index contributed by atoms with van der Waals surface area (Å²) in [5.41, 5.74) is 0.407. The van der Waals surface area contributed by atoms with Crippen molar-refractivity contribution in [2.45, 2.75) is 20.3 Å². The van der Waals surface area contributed by atoms with Gasteiger partial charge in [-0.25, -0.2) is 0 Å². The molecule has 1 heterocycles. The maximum Gasteiger partial charge on any atom is 0.0290 e. The Hall–Kier alpha value is 0. The first-order valence-electron chi connectivity index (χ1n) is 2.60. The third-order valence-electron chi connectivity index (χ3n) is 1.18. The highest BCUT2D eigenvalue weighted by atomic mass is 32.1. The number of hydrogen-bond acceptors (Lipinski definition) is 0. The van der Waals surface area contributed by atoms with Crippen molar-refractivity contribution in [2.24, 2.45) is 5.41 Å². The molecule has 0 saturated carbocycles. The van der Waals surface area contributed by atoms with Crippen LogP contribution >= 0.6 is 11.2 Å². The fourth-order valence-electron chi connectivity index (χ4n) is 0.604. The Balaban J connectivity index is 2.64. The normalized spacial score (nSPS) is 24.9. The lowest BCUT2D eigenvalue weighted by Gasteiger charge is -2.08. The second-order valence-corrected chi connectivity index (χ2v) is 3.49. The fraction of sp³-hybridized carbons (Fsp3) is 0.833. The number of rotatable bonds is 0. The van der Waals surface area contributed by atoms with Gasteiger partial charge in [-0.15, -0.1) is 11.2 Å². The molecular weight excluding hydrogens is 104 g/mol. The molecule has 0 nitrogen and oxygen atoms in total. The zero-order valence-electron chi connectivity index (χ0n) is 4.82. The van der Waals surface area contributed by atoms with Crippen LogP contribution in [-0.4, -0.2) is 5.75 Å². The molecule has 1 rings (SSSR count). The minimum atomic E-state index is 0.407. The van der Waals surface area contributed by atoms with E-state index in [1.807, 2.05) is 11.2 Å². The summed E-state index contributed by atoms with van der Waals surface area (Å²) >= 11 is 1.83. The highest BCUT2D eigenvalue weighted by Crippen LogP contribution is 2.25. The first-order valence-corrected chi connectivity index (χ1v) is 3.58. The van der Waals surface area contributed by atoms with Gasteiger partial charge in [0.05, 0.1) is 0 Å². The van der Waals surface area contributed by atoms with Crippen molar-refractivity contribution in [3.8, 4) is 5.18 Å². The van der Waals surface area contributed by atoms with E-state index in [2.05, 4.69) is 19.0 Å². The van der Waals surface area contributed by atoms with Crippen molar-refractivity contribution in [3.63, 3.8) is 0 Å². The Kier molecular flexibility index (Phi) is 1.10. The van der Waals surface area contributed by atoms with Gasteiger partial charge in [0.2, 0.25) is 0 Å². The zero-order chi connectivity index (χ0) is 5.33. The minimum Gasteiger partial charge on any atom is -0.134 e. The first kappa shape index (κ1) is 5.14. The van der Waals surface area contributed by atoms with Crippen molar-refractivity contribution in [1.82, 2.24) is 0 Å². The van der Waals surface area contributed by atoms with Crippen LogP contribution in [-0.2, 0) is 0 Å². The van der Waals surface area contributed by atoms with Crippen molar-refractivity contribution in [2.75, 3.05) is 5.75 Å². The molecule has 0 aromatic heterocycles. The lowest BCUT2D eigenvalue weighted by molar-refractivity contribution is 0.499. The van der Waals surface area contributed by atoms with Gasteiger partial charge in [-0.05, 0) is 20.3 Å². The molecule has 0 bridgehead atoms. The molecule has 0 saturated heterocycles. The molecule has 0 radical (unpaired) electrons. The molecule has 0 amide bonds. The summed E-state index contributed by atoms with van der Waals surface area (Å²) < 4.78 is 0. The summed E-state index contributed by atoms with van der Waals surface area (Å²) in [4.78, 5) is 0. The third kappa shape index (κ3) is 1.19. The van der Waals surface area contributed by atoms with E-state index in [0.717, 1.165) is 0 Å². The maximum absolute atomic E-state index is 3.31. The van der Waals surface area contributed by atoms with E-state index in [-0.39, 0.29) is 0 Å². The quantitative estimate of drug-likeness (QED) is 0.452. The molecule has 1 aliphatic heterocycles. The van der Waals surface area contributed by atoms with Crippen molar-refractivity contribution in [1.29, 1.82) is 0 Å². The predicted molar refractivity (Wildman–Crippen MR) is 34.7 cm³/mol. The Morgan fingerprint density at radius 1 is 1.57 bits per heavy atom. The zero-order valence-corrected chi connectivity index (χ0v) is 5.64. The van der Waals surface area contributed by atoms with Gasteiger partial charge in [-0.3, -0.25) is 0 Å². The number of hydrogen-bond donors (Lipinski definition) is 0. The van der Waals surface area contributed by atoms with Crippen molar-refractivity contribution in [3.05, 3.63) is 0 Å². The van der Waals surface area contributed by atoms with Crippen LogP contribution in [0.4, 0.5) is 0 Å². The van der Waals surface area contributed by atoms with Gasteiger partial charge in [-0.1, -0.05) is 5.18 Å². The van der Waals surface area contributed by atoms with Crippen LogP contribution in [0.15, 0.2) is 0 Å². The Morgan fingerprint density at radius 3 is 2.43 bits per heavy atom. The molecule has 0 aromatic carbocycles. The van der Waals surface area contributed by atoms with Gasteiger partial charge in [0.15, 0.2) is 0 Å². The third-order valence-corrected chi connectivity index (χ3v) is 2.28. The molecule has 0 aliphatic carbocycles. The Labute approximate surface area is 48.5 Å². The molecule has 7 heavy (non-hydrogen) atoms. The highest BCUT2D eigenvalue weighted by Gasteiger charge is 2.16. The van der Waals surface area contributed by atoms with Gasteiger partial charge in [0.1, 0.15) is 0 Å². The fourth-order valence-corrected chi connectivity index (χ4v) is 1.81. The lowest BCUT2D eigenvalue weighted by Crippen LogP contribution is -2.03. The maximum atomic E-state index is 3.31. The summed E-state index contributed by atoms with van der Waals surface area (Å²) in [5, 5.41) is 3.31. The topological polar surface area (TPSA) is 0 Å². The highest BCUT2D eigenvalue weighted by molar-refractivity contribution is 7.88. The van der Waals surface area contributed by atoms with Gasteiger partial charge < -0.3 is 0 Å². The molecule has 1 heteroatoms. The van der Waals surface area contributed by atoms with Crippen LogP contribution in [0.5, 0.6) is 0 Å². The van der Waals surface area contributed by atoms with E-state index in [1.165, 1.54) is 12.2 Å². The summed E-state index contributed by atoms with van der Waals surface area (Å²) in [6.07, 6.45) is 1.30. The molecule has 40 valence electrons. The Bertz CT molecular complexity index is 125. The monoisotopic (exact) mass is 114 g/mol. The molecular formula is C6H10S. The predicted octanol–water partition coefficient (Wildman–Crippen LogP) is 2.11. The first-order chi connectivity index (χ1) is 3.21. The molecule has 0 fully saturated rings. The van der Waals surface area contributed by atoms with E-state index < -0.39 is 0 Å². The Morgan fingerprint density at radius 2 is 2.29 bits per heavy atom. The van der Waals surface area contributed by atoms with Gasteiger partial charge in [-0.2, -0.15) is 0 Å². The molecule has 0 aromatic rings. The molecule has 0 atom stereocenters. The molecule has 1 aliphatic rings. The molecule has 0 unspecified atom stereocenters. The standard InChI is InChI=1S/C6H10S/c1-6(2)3-4-7-5-6/h3-4H2,1-2H3. The van der Waals surface area contributed by atoms with E-state index in [0.29, 0.717) is 5.41 Å². The lowest BCUT2D eigenvalue weighted by atomic mass is 9.94. The van der Waals surface area contributed by atoms with Gasteiger partial charge in [0, 0.05) is 11.2 Å². The van der Waals surface area contributed by atoms with Gasteiger partial charge >= 0.3 is 0 Å². The van der Waals surface area contributed by atoms with Gasteiger partial charge in [0.25, 0.3) is 0 Å². The summed E-state index contributed by atoms with van der Waals surface area (Å²) in [6, 6.07) is 0. The molecule has 0 N–H and O–H groups in total. The van der Waals surface area contributed by atoms with Crippen LogP contribution in [0.2, 0.25) is 0 Å². The van der Waals surface area contributed by atoms with E-state index in [4.69, 9.17) is 0 Å². The average molecular weight is 114 g/mol. The minimum absolute atomic E-state index is 0.407. The smallest absolute Gasteiger partial charge is 0.0290 e. The largest absolute Gasteiger partial charge is 0.134 e. The van der Waals surface area contributed by atoms with Crippen LogP contribution in [0.25, 0.3) is 0 Å². The SMILES string of the molecule is CC1(C)C#SCC1. The average Bonchev–Trinajstić information content (AvgIpc) is 1.84. The van der Waals surface area contributed by atoms with Crippen molar-refractivity contribution < 1.29 is 0 Å². The summed E-state index contributed by atoms with van der Waals surface area (Å²) in [6.45, 7) is 4.46. The molecule has 0 spiro atoms. The second kappa shape index (κ2) is 1.50. The second-order valence-electron chi connectivity index (χ2n) is 2.58. The van der Waals surface area contributed by atoms with E-state index >= 15 is 0 Å². The van der Waals surface area contributed by atoms with Crippen LogP contribution in [0, 0.1) is 10.6 Å². The summed E-state index contributed by atoms with van der Waals surface area (Å²) in [7, 11) is 0.